The Morgan fingerprint density at radius 1 is 1.35 bits per heavy atom. The van der Waals surface area contributed by atoms with Gasteiger partial charge >= 0.3 is 12.0 Å². The maximum atomic E-state index is 11.8. The average molecular weight is 294 g/mol. The fourth-order valence-electron chi connectivity index (χ4n) is 1.67. The van der Waals surface area contributed by atoms with E-state index in [1.54, 1.807) is 18.4 Å². The first-order valence-corrected chi connectivity index (χ1v) is 6.80. The average Bonchev–Trinajstić information content (AvgIpc) is 2.97. The molecule has 0 spiro atoms. The Kier molecular flexibility index (Phi) is 4.09. The van der Waals surface area contributed by atoms with E-state index in [-0.39, 0.29) is 11.6 Å². The van der Waals surface area contributed by atoms with Crippen LogP contribution in [-0.2, 0) is 0 Å². The number of amides is 2. The summed E-state index contributed by atoms with van der Waals surface area (Å²) in [6.07, 6.45) is 0. The van der Waals surface area contributed by atoms with Gasteiger partial charge in [0.15, 0.2) is 0 Å². The fourth-order valence-corrected chi connectivity index (χ4v) is 2.44. The Morgan fingerprint density at radius 2 is 2.10 bits per heavy atom. The molecule has 1 atom stereocenters. The molecule has 2 heterocycles. The summed E-state index contributed by atoms with van der Waals surface area (Å²) in [6.45, 7) is 3.60. The van der Waals surface area contributed by atoms with Crippen LogP contribution in [0.5, 0.6) is 0 Å². The van der Waals surface area contributed by atoms with Crippen molar-refractivity contribution < 1.29 is 19.1 Å². The van der Waals surface area contributed by atoms with Gasteiger partial charge in [0.25, 0.3) is 0 Å². The van der Waals surface area contributed by atoms with Crippen LogP contribution in [0.3, 0.4) is 0 Å². The Morgan fingerprint density at radius 3 is 2.70 bits per heavy atom. The van der Waals surface area contributed by atoms with E-state index in [0.29, 0.717) is 10.8 Å². The zero-order valence-electron chi connectivity index (χ0n) is 11.0. The van der Waals surface area contributed by atoms with E-state index in [0.717, 1.165) is 17.1 Å². The zero-order chi connectivity index (χ0) is 14.7. The molecule has 106 valence electrons. The maximum absolute atomic E-state index is 11.8. The number of furan rings is 1. The van der Waals surface area contributed by atoms with E-state index in [2.05, 4.69) is 10.6 Å². The molecule has 3 N–H and O–H groups in total. The number of carbonyl (C=O) groups excluding carboxylic acids is 1. The van der Waals surface area contributed by atoms with Crippen molar-refractivity contribution >= 4 is 28.3 Å². The number of carbonyl (C=O) groups is 2. The molecule has 0 aliphatic carbocycles. The van der Waals surface area contributed by atoms with Gasteiger partial charge in [-0.1, -0.05) is 0 Å². The molecular formula is C13H14N2O4S. The van der Waals surface area contributed by atoms with Crippen LogP contribution in [0.15, 0.2) is 28.0 Å². The first-order chi connectivity index (χ1) is 9.47. The molecule has 20 heavy (non-hydrogen) atoms. The van der Waals surface area contributed by atoms with Crippen LogP contribution in [0.1, 0.15) is 34.8 Å². The van der Waals surface area contributed by atoms with E-state index in [1.807, 2.05) is 13.0 Å². The lowest BCUT2D eigenvalue weighted by molar-refractivity contribution is 0.0698. The van der Waals surface area contributed by atoms with Gasteiger partial charge in [0, 0.05) is 0 Å². The van der Waals surface area contributed by atoms with Gasteiger partial charge in [0.05, 0.1) is 11.6 Å². The summed E-state index contributed by atoms with van der Waals surface area (Å²) in [6, 6.07) is 4.26. The lowest BCUT2D eigenvalue weighted by Gasteiger charge is -2.12. The summed E-state index contributed by atoms with van der Waals surface area (Å²) in [5.74, 6) is 0.332. The second-order valence-electron chi connectivity index (χ2n) is 4.24. The van der Waals surface area contributed by atoms with Gasteiger partial charge in [-0.25, -0.2) is 9.59 Å². The van der Waals surface area contributed by atoms with Gasteiger partial charge in [-0.05, 0) is 37.4 Å². The number of carboxylic acids is 1. The number of anilines is 1. The smallest absolute Gasteiger partial charge is 0.338 e. The van der Waals surface area contributed by atoms with Crippen LogP contribution in [0, 0.1) is 6.92 Å². The first-order valence-electron chi connectivity index (χ1n) is 5.92. The second kappa shape index (κ2) is 5.79. The SMILES string of the molecule is Cc1ccc(C(C)NC(=O)Nc2sccc2C(=O)O)o1. The number of nitrogens with one attached hydrogen (secondary N) is 2. The Balaban J connectivity index is 1.99. The van der Waals surface area contributed by atoms with Gasteiger partial charge < -0.3 is 14.8 Å². The summed E-state index contributed by atoms with van der Waals surface area (Å²) in [5, 5.41) is 16.1. The molecule has 0 aliphatic heterocycles. The number of aryl methyl sites for hydroxylation is 1. The first kappa shape index (κ1) is 14.1. The summed E-state index contributed by atoms with van der Waals surface area (Å²) >= 11 is 1.16. The van der Waals surface area contributed by atoms with Crippen molar-refractivity contribution in [2.75, 3.05) is 5.32 Å². The summed E-state index contributed by atoms with van der Waals surface area (Å²) < 4.78 is 5.41. The molecule has 0 saturated carbocycles. The molecular weight excluding hydrogens is 280 g/mol. The third kappa shape index (κ3) is 3.18. The molecule has 1 unspecified atom stereocenters. The van der Waals surface area contributed by atoms with Gasteiger partial charge in [-0.3, -0.25) is 5.32 Å². The van der Waals surface area contributed by atoms with Crippen LogP contribution >= 0.6 is 11.3 Å². The molecule has 0 bridgehead atoms. The molecule has 2 amide bonds. The maximum Gasteiger partial charge on any atom is 0.338 e. The molecule has 6 nitrogen and oxygen atoms in total. The number of hydrogen-bond donors (Lipinski definition) is 3. The van der Waals surface area contributed by atoms with Gasteiger partial charge in [-0.2, -0.15) is 0 Å². The minimum absolute atomic E-state index is 0.0756. The monoisotopic (exact) mass is 294 g/mol. The van der Waals surface area contributed by atoms with Crippen molar-refractivity contribution in [2.24, 2.45) is 0 Å². The van der Waals surface area contributed by atoms with E-state index >= 15 is 0 Å². The number of aromatic carboxylic acids is 1. The molecule has 2 aromatic rings. The fraction of sp³-hybridized carbons (Fsp3) is 0.231. The van der Waals surface area contributed by atoms with E-state index in [1.165, 1.54) is 6.07 Å². The highest BCUT2D eigenvalue weighted by Crippen LogP contribution is 2.23. The molecule has 0 saturated heterocycles. The molecule has 0 aromatic carbocycles. The van der Waals surface area contributed by atoms with Gasteiger partial charge in [0.2, 0.25) is 0 Å². The Hall–Kier alpha value is -2.28. The third-order valence-electron chi connectivity index (χ3n) is 2.66. The van der Waals surface area contributed by atoms with Crippen molar-refractivity contribution in [3.05, 3.63) is 40.7 Å². The van der Waals surface area contributed by atoms with Gasteiger partial charge in [0.1, 0.15) is 16.5 Å². The highest BCUT2D eigenvalue weighted by Gasteiger charge is 2.16. The van der Waals surface area contributed by atoms with Crippen molar-refractivity contribution in [1.29, 1.82) is 0 Å². The highest BCUT2D eigenvalue weighted by molar-refractivity contribution is 7.14. The standard InChI is InChI=1S/C13H14N2O4S/c1-7-3-4-10(19-7)8(2)14-13(18)15-11-9(12(16)17)5-6-20-11/h3-6,8H,1-2H3,(H,16,17)(H2,14,15,18). The predicted molar refractivity (Wildman–Crippen MR) is 75.3 cm³/mol. The molecule has 2 rings (SSSR count). The minimum atomic E-state index is -1.07. The van der Waals surface area contributed by atoms with E-state index < -0.39 is 12.0 Å². The van der Waals surface area contributed by atoms with Crippen LogP contribution in [0.2, 0.25) is 0 Å². The van der Waals surface area contributed by atoms with Crippen LogP contribution in [-0.4, -0.2) is 17.1 Å². The quantitative estimate of drug-likeness (QED) is 0.807. The molecule has 0 aliphatic rings. The predicted octanol–water partition coefficient (Wildman–Crippen LogP) is 3.23. The number of carboxylic acid groups (broad SMARTS) is 1. The van der Waals surface area contributed by atoms with Crippen molar-refractivity contribution in [3.63, 3.8) is 0 Å². The largest absolute Gasteiger partial charge is 0.478 e. The molecule has 0 fully saturated rings. The van der Waals surface area contributed by atoms with Crippen molar-refractivity contribution in [3.8, 4) is 0 Å². The lowest BCUT2D eigenvalue weighted by Crippen LogP contribution is -2.31. The zero-order valence-corrected chi connectivity index (χ0v) is 11.8. The van der Waals surface area contributed by atoms with Crippen molar-refractivity contribution in [2.45, 2.75) is 19.9 Å². The Labute approximate surface area is 119 Å². The van der Waals surface area contributed by atoms with Crippen LogP contribution < -0.4 is 10.6 Å². The van der Waals surface area contributed by atoms with Gasteiger partial charge in [-0.15, -0.1) is 11.3 Å². The Bertz CT molecular complexity index is 632. The van der Waals surface area contributed by atoms with Crippen molar-refractivity contribution in [1.82, 2.24) is 5.32 Å². The second-order valence-corrected chi connectivity index (χ2v) is 5.15. The van der Waals surface area contributed by atoms with E-state index in [9.17, 15) is 9.59 Å². The molecule has 0 radical (unpaired) electrons. The minimum Gasteiger partial charge on any atom is -0.478 e. The third-order valence-corrected chi connectivity index (χ3v) is 3.49. The number of thiophene rings is 1. The lowest BCUT2D eigenvalue weighted by atomic mass is 10.2. The number of urea groups is 1. The highest BCUT2D eigenvalue weighted by atomic mass is 32.1. The summed E-state index contributed by atoms with van der Waals surface area (Å²) in [7, 11) is 0. The van der Waals surface area contributed by atoms with Crippen LogP contribution in [0.4, 0.5) is 9.80 Å². The van der Waals surface area contributed by atoms with E-state index in [4.69, 9.17) is 9.52 Å². The number of rotatable bonds is 4. The van der Waals surface area contributed by atoms with Crippen LogP contribution in [0.25, 0.3) is 0 Å². The summed E-state index contributed by atoms with van der Waals surface area (Å²) in [5.41, 5.74) is 0.0756. The summed E-state index contributed by atoms with van der Waals surface area (Å²) in [4.78, 5) is 22.8. The molecule has 7 heteroatoms. The molecule has 2 aromatic heterocycles. The topological polar surface area (TPSA) is 91.6 Å². The number of hydrogen-bond acceptors (Lipinski definition) is 4. The normalized spacial score (nSPS) is 11.9.